The normalized spacial score (nSPS) is 10.5. The molecular formula is C9H22N2O. The average Bonchev–Trinajstić information content (AvgIpc) is 2.10. The van der Waals surface area contributed by atoms with Gasteiger partial charge in [-0.3, -0.25) is 11.3 Å². The van der Waals surface area contributed by atoms with Crippen LogP contribution in [0.15, 0.2) is 0 Å². The highest BCUT2D eigenvalue weighted by Gasteiger charge is 1.90. The van der Waals surface area contributed by atoms with E-state index in [2.05, 4.69) is 5.43 Å². The molecule has 0 bridgehead atoms. The topological polar surface area (TPSA) is 58.3 Å². The van der Waals surface area contributed by atoms with Crippen molar-refractivity contribution in [2.45, 2.75) is 44.9 Å². The first-order chi connectivity index (χ1) is 5.91. The second-order valence-electron chi connectivity index (χ2n) is 3.15. The van der Waals surface area contributed by atoms with E-state index >= 15 is 0 Å². The van der Waals surface area contributed by atoms with Crippen molar-refractivity contribution >= 4 is 0 Å². The van der Waals surface area contributed by atoms with Crippen LogP contribution in [0.2, 0.25) is 0 Å². The number of unbranched alkanes of at least 4 members (excludes halogenated alkanes) is 6. The van der Waals surface area contributed by atoms with Gasteiger partial charge in [0.2, 0.25) is 0 Å². The fourth-order valence-electron chi connectivity index (χ4n) is 1.22. The SMILES string of the molecule is NNCCCCCCCCCO. The highest BCUT2D eigenvalue weighted by molar-refractivity contribution is 4.46. The van der Waals surface area contributed by atoms with Gasteiger partial charge in [-0.05, 0) is 12.8 Å². The van der Waals surface area contributed by atoms with Crippen molar-refractivity contribution in [2.75, 3.05) is 13.2 Å². The first kappa shape index (κ1) is 11.9. The maximum atomic E-state index is 8.52. The van der Waals surface area contributed by atoms with Crippen molar-refractivity contribution in [3.63, 3.8) is 0 Å². The number of aliphatic hydroxyl groups is 1. The van der Waals surface area contributed by atoms with E-state index in [1.54, 1.807) is 0 Å². The van der Waals surface area contributed by atoms with Gasteiger partial charge in [0.25, 0.3) is 0 Å². The number of nitrogens with two attached hydrogens (primary N) is 1. The average molecular weight is 174 g/mol. The third kappa shape index (κ3) is 9.88. The molecule has 0 saturated heterocycles. The largest absolute Gasteiger partial charge is 0.396 e. The quantitative estimate of drug-likeness (QED) is 0.279. The number of hydrazine groups is 1. The molecule has 0 fully saturated rings. The summed E-state index contributed by atoms with van der Waals surface area (Å²) in [6.45, 7) is 1.27. The number of aliphatic hydroxyl groups excluding tert-OH is 1. The molecule has 4 N–H and O–H groups in total. The minimum atomic E-state index is 0.344. The molecular weight excluding hydrogens is 152 g/mol. The van der Waals surface area contributed by atoms with E-state index in [0.717, 1.165) is 13.0 Å². The van der Waals surface area contributed by atoms with Crippen LogP contribution in [0.25, 0.3) is 0 Å². The summed E-state index contributed by atoms with van der Waals surface area (Å²) in [6.07, 6.45) is 8.43. The van der Waals surface area contributed by atoms with Gasteiger partial charge in [-0.25, -0.2) is 0 Å². The van der Waals surface area contributed by atoms with E-state index < -0.39 is 0 Å². The predicted octanol–water partition coefficient (Wildman–Crippen LogP) is 1.17. The first-order valence-electron chi connectivity index (χ1n) is 4.96. The Morgan fingerprint density at radius 1 is 0.833 bits per heavy atom. The standard InChI is InChI=1S/C9H22N2O/c10-11-8-6-4-2-1-3-5-7-9-12/h11-12H,1-10H2. The zero-order chi connectivity index (χ0) is 9.07. The van der Waals surface area contributed by atoms with Gasteiger partial charge in [-0.1, -0.05) is 32.1 Å². The van der Waals surface area contributed by atoms with Crippen molar-refractivity contribution in [1.82, 2.24) is 5.43 Å². The summed E-state index contributed by atoms with van der Waals surface area (Å²) in [7, 11) is 0. The molecule has 74 valence electrons. The fraction of sp³-hybridized carbons (Fsp3) is 1.00. The van der Waals surface area contributed by atoms with Gasteiger partial charge in [0.1, 0.15) is 0 Å². The Morgan fingerprint density at radius 3 is 1.83 bits per heavy atom. The molecule has 0 radical (unpaired) electrons. The molecule has 0 spiro atoms. The van der Waals surface area contributed by atoms with Crippen molar-refractivity contribution in [1.29, 1.82) is 0 Å². The summed E-state index contributed by atoms with van der Waals surface area (Å²) in [4.78, 5) is 0. The molecule has 0 amide bonds. The lowest BCUT2D eigenvalue weighted by Gasteiger charge is -2.00. The summed E-state index contributed by atoms with van der Waals surface area (Å²) in [5, 5.41) is 8.52. The van der Waals surface area contributed by atoms with Crippen LogP contribution >= 0.6 is 0 Å². The summed E-state index contributed by atoms with van der Waals surface area (Å²) in [5.41, 5.74) is 2.65. The highest BCUT2D eigenvalue weighted by Crippen LogP contribution is 2.05. The van der Waals surface area contributed by atoms with Crippen molar-refractivity contribution in [2.24, 2.45) is 5.84 Å². The van der Waals surface area contributed by atoms with Crippen LogP contribution in [0, 0.1) is 0 Å². The van der Waals surface area contributed by atoms with Crippen molar-refractivity contribution < 1.29 is 5.11 Å². The Kier molecular flexibility index (Phi) is 10.8. The molecule has 0 aliphatic rings. The van der Waals surface area contributed by atoms with Gasteiger partial charge < -0.3 is 5.11 Å². The molecule has 12 heavy (non-hydrogen) atoms. The van der Waals surface area contributed by atoms with E-state index in [0.29, 0.717) is 6.61 Å². The number of hydrogen-bond acceptors (Lipinski definition) is 3. The van der Waals surface area contributed by atoms with Crippen LogP contribution in [0.3, 0.4) is 0 Å². The highest BCUT2D eigenvalue weighted by atomic mass is 16.2. The maximum Gasteiger partial charge on any atom is 0.0431 e. The van der Waals surface area contributed by atoms with E-state index in [9.17, 15) is 0 Å². The number of hydrogen-bond donors (Lipinski definition) is 3. The van der Waals surface area contributed by atoms with Gasteiger partial charge in [0, 0.05) is 13.2 Å². The van der Waals surface area contributed by atoms with Crippen molar-refractivity contribution in [3.8, 4) is 0 Å². The number of nitrogens with one attached hydrogen (secondary N) is 1. The monoisotopic (exact) mass is 174 g/mol. The van der Waals surface area contributed by atoms with E-state index in [4.69, 9.17) is 10.9 Å². The first-order valence-corrected chi connectivity index (χ1v) is 4.96. The zero-order valence-corrected chi connectivity index (χ0v) is 7.89. The second kappa shape index (κ2) is 10.9. The van der Waals surface area contributed by atoms with Crippen LogP contribution in [0.5, 0.6) is 0 Å². The molecule has 0 aromatic rings. The Hall–Kier alpha value is -0.120. The third-order valence-electron chi connectivity index (χ3n) is 1.98. The second-order valence-corrected chi connectivity index (χ2v) is 3.15. The molecule has 0 aliphatic heterocycles. The minimum Gasteiger partial charge on any atom is -0.396 e. The smallest absolute Gasteiger partial charge is 0.0431 e. The molecule has 0 saturated carbocycles. The van der Waals surface area contributed by atoms with Gasteiger partial charge in [0.05, 0.1) is 0 Å². The summed E-state index contributed by atoms with van der Waals surface area (Å²) >= 11 is 0. The predicted molar refractivity (Wildman–Crippen MR) is 51.6 cm³/mol. The van der Waals surface area contributed by atoms with Gasteiger partial charge in [-0.2, -0.15) is 0 Å². The van der Waals surface area contributed by atoms with Gasteiger partial charge >= 0.3 is 0 Å². The summed E-state index contributed by atoms with van der Waals surface area (Å²) < 4.78 is 0. The zero-order valence-electron chi connectivity index (χ0n) is 7.89. The van der Waals surface area contributed by atoms with Crippen molar-refractivity contribution in [3.05, 3.63) is 0 Å². The van der Waals surface area contributed by atoms with Crippen LogP contribution in [0.4, 0.5) is 0 Å². The van der Waals surface area contributed by atoms with Crippen LogP contribution in [-0.2, 0) is 0 Å². The lowest BCUT2D eigenvalue weighted by Crippen LogP contribution is -2.22. The molecule has 0 rings (SSSR count). The van der Waals surface area contributed by atoms with Crippen LogP contribution in [0.1, 0.15) is 44.9 Å². The Balaban J connectivity index is 2.73. The molecule has 0 aromatic carbocycles. The summed E-state index contributed by atoms with van der Waals surface area (Å²) in [5.74, 6) is 5.13. The molecule has 3 nitrogen and oxygen atoms in total. The summed E-state index contributed by atoms with van der Waals surface area (Å²) in [6, 6.07) is 0. The molecule has 0 aromatic heterocycles. The molecule has 0 heterocycles. The third-order valence-corrected chi connectivity index (χ3v) is 1.98. The maximum absolute atomic E-state index is 8.52. The van der Waals surface area contributed by atoms with Gasteiger partial charge in [-0.15, -0.1) is 0 Å². The molecule has 0 unspecified atom stereocenters. The lowest BCUT2D eigenvalue weighted by atomic mass is 10.1. The van der Waals surface area contributed by atoms with E-state index in [1.165, 1.54) is 38.5 Å². The Bertz CT molecular complexity index is 68.9. The number of rotatable bonds is 9. The fourth-order valence-corrected chi connectivity index (χ4v) is 1.22. The minimum absolute atomic E-state index is 0.344. The van der Waals surface area contributed by atoms with Crippen LogP contribution in [-0.4, -0.2) is 18.3 Å². The lowest BCUT2D eigenvalue weighted by molar-refractivity contribution is 0.282. The van der Waals surface area contributed by atoms with E-state index in [1.807, 2.05) is 0 Å². The van der Waals surface area contributed by atoms with Crippen LogP contribution < -0.4 is 11.3 Å². The molecule has 0 atom stereocenters. The molecule has 0 aliphatic carbocycles. The Labute approximate surface area is 75.3 Å². The van der Waals surface area contributed by atoms with E-state index in [-0.39, 0.29) is 0 Å². The van der Waals surface area contributed by atoms with Gasteiger partial charge in [0.15, 0.2) is 0 Å². The molecule has 3 heteroatoms. The Morgan fingerprint density at radius 2 is 1.33 bits per heavy atom.